The Balaban J connectivity index is 2.36. The molecule has 1 unspecified atom stereocenters. The van der Waals surface area contributed by atoms with Gasteiger partial charge in [-0.05, 0) is 52.1 Å². The maximum Gasteiger partial charge on any atom is 0.127 e. The fraction of sp³-hybridized carbons (Fsp3) is 0.667. The van der Waals surface area contributed by atoms with Gasteiger partial charge in [0, 0.05) is 12.2 Å². The SMILES string of the molecule is CCCNC(c1cccc2c1OCCC2)C(C)(C)OCC. The fourth-order valence-electron chi connectivity index (χ4n) is 3.12. The Morgan fingerprint density at radius 2 is 2.14 bits per heavy atom. The van der Waals surface area contributed by atoms with Crippen LogP contribution in [0.5, 0.6) is 5.75 Å². The van der Waals surface area contributed by atoms with Gasteiger partial charge in [0.1, 0.15) is 5.75 Å². The first kappa shape index (κ1) is 16.3. The molecule has 1 aliphatic heterocycles. The number of hydrogen-bond donors (Lipinski definition) is 1. The molecule has 1 N–H and O–H groups in total. The summed E-state index contributed by atoms with van der Waals surface area (Å²) in [6.45, 7) is 11.1. The highest BCUT2D eigenvalue weighted by Crippen LogP contribution is 2.38. The fourth-order valence-corrected chi connectivity index (χ4v) is 3.12. The van der Waals surface area contributed by atoms with E-state index in [2.05, 4.69) is 51.2 Å². The van der Waals surface area contributed by atoms with Gasteiger partial charge in [0.15, 0.2) is 0 Å². The molecule has 118 valence electrons. The molecule has 2 rings (SSSR count). The number of hydrogen-bond acceptors (Lipinski definition) is 3. The summed E-state index contributed by atoms with van der Waals surface area (Å²) in [6, 6.07) is 6.65. The van der Waals surface area contributed by atoms with Gasteiger partial charge in [-0.25, -0.2) is 0 Å². The van der Waals surface area contributed by atoms with Gasteiger partial charge in [0.25, 0.3) is 0 Å². The standard InChI is InChI=1S/C18H29NO2/c1-5-12-19-17(18(3,4)21-6-2)15-11-7-9-14-10-8-13-20-16(14)15/h7,9,11,17,19H,5-6,8,10,12-13H2,1-4H3. The number of aryl methyl sites for hydroxylation is 1. The molecule has 0 saturated heterocycles. The molecule has 0 bridgehead atoms. The predicted octanol–water partition coefficient (Wildman–Crippen LogP) is 3.87. The van der Waals surface area contributed by atoms with Crippen LogP contribution in [0, 0.1) is 0 Å². The average Bonchev–Trinajstić information content (AvgIpc) is 2.47. The van der Waals surface area contributed by atoms with Crippen LogP contribution >= 0.6 is 0 Å². The minimum atomic E-state index is -0.264. The van der Waals surface area contributed by atoms with Crippen molar-refractivity contribution in [2.75, 3.05) is 19.8 Å². The zero-order valence-corrected chi connectivity index (χ0v) is 13.9. The second-order valence-electron chi connectivity index (χ2n) is 6.21. The normalized spacial score (nSPS) is 16.2. The molecular formula is C18H29NO2. The second-order valence-corrected chi connectivity index (χ2v) is 6.21. The Morgan fingerprint density at radius 1 is 1.33 bits per heavy atom. The smallest absolute Gasteiger partial charge is 0.127 e. The topological polar surface area (TPSA) is 30.5 Å². The summed E-state index contributed by atoms with van der Waals surface area (Å²) in [4.78, 5) is 0. The van der Waals surface area contributed by atoms with Gasteiger partial charge in [-0.3, -0.25) is 0 Å². The highest BCUT2D eigenvalue weighted by atomic mass is 16.5. The maximum atomic E-state index is 6.02. The Labute approximate surface area is 129 Å². The Hall–Kier alpha value is -1.06. The van der Waals surface area contributed by atoms with Crippen molar-refractivity contribution in [3.8, 4) is 5.75 Å². The van der Waals surface area contributed by atoms with Crippen LogP contribution in [-0.2, 0) is 11.2 Å². The van der Waals surface area contributed by atoms with E-state index in [4.69, 9.17) is 9.47 Å². The molecule has 1 aromatic rings. The van der Waals surface area contributed by atoms with Crippen molar-refractivity contribution >= 4 is 0 Å². The van der Waals surface area contributed by atoms with Crippen LogP contribution in [0.2, 0.25) is 0 Å². The third-order valence-corrected chi connectivity index (χ3v) is 4.08. The van der Waals surface area contributed by atoms with Crippen molar-refractivity contribution in [3.05, 3.63) is 29.3 Å². The number of para-hydroxylation sites is 1. The second kappa shape index (κ2) is 7.28. The van der Waals surface area contributed by atoms with Crippen LogP contribution in [0.1, 0.15) is 57.7 Å². The summed E-state index contributed by atoms with van der Waals surface area (Å²) < 4.78 is 12.0. The first-order chi connectivity index (χ1) is 10.1. The average molecular weight is 291 g/mol. The third kappa shape index (κ3) is 3.78. The molecule has 0 radical (unpaired) electrons. The molecule has 0 amide bonds. The Morgan fingerprint density at radius 3 is 2.86 bits per heavy atom. The summed E-state index contributed by atoms with van der Waals surface area (Å²) in [7, 11) is 0. The van der Waals surface area contributed by atoms with Gasteiger partial charge < -0.3 is 14.8 Å². The van der Waals surface area contributed by atoms with Crippen LogP contribution in [0.15, 0.2) is 18.2 Å². The maximum absolute atomic E-state index is 6.02. The van der Waals surface area contributed by atoms with E-state index in [0.717, 1.165) is 38.2 Å². The van der Waals surface area contributed by atoms with Crippen molar-refractivity contribution in [2.45, 2.75) is 58.6 Å². The lowest BCUT2D eigenvalue weighted by Gasteiger charge is -2.37. The number of fused-ring (bicyclic) bond motifs is 1. The lowest BCUT2D eigenvalue weighted by Crippen LogP contribution is -2.42. The molecule has 3 heteroatoms. The lowest BCUT2D eigenvalue weighted by molar-refractivity contribution is -0.0398. The number of ether oxygens (including phenoxy) is 2. The highest BCUT2D eigenvalue weighted by molar-refractivity contribution is 5.45. The first-order valence-corrected chi connectivity index (χ1v) is 8.22. The summed E-state index contributed by atoms with van der Waals surface area (Å²) in [6.07, 6.45) is 3.33. The van der Waals surface area contributed by atoms with Gasteiger partial charge in [-0.15, -0.1) is 0 Å². The number of rotatable bonds is 7. The minimum Gasteiger partial charge on any atom is -0.493 e. The van der Waals surface area contributed by atoms with Crippen molar-refractivity contribution in [3.63, 3.8) is 0 Å². The molecule has 21 heavy (non-hydrogen) atoms. The van der Waals surface area contributed by atoms with Gasteiger partial charge in [0.2, 0.25) is 0 Å². The van der Waals surface area contributed by atoms with Crippen LogP contribution in [0.25, 0.3) is 0 Å². The predicted molar refractivity (Wildman–Crippen MR) is 87.0 cm³/mol. The highest BCUT2D eigenvalue weighted by Gasteiger charge is 2.34. The summed E-state index contributed by atoms with van der Waals surface area (Å²) in [5.74, 6) is 1.07. The van der Waals surface area contributed by atoms with Crippen LogP contribution in [0.4, 0.5) is 0 Å². The summed E-state index contributed by atoms with van der Waals surface area (Å²) in [5, 5.41) is 3.66. The molecule has 3 nitrogen and oxygen atoms in total. The molecule has 1 heterocycles. The number of benzene rings is 1. The van der Waals surface area contributed by atoms with E-state index in [-0.39, 0.29) is 11.6 Å². The van der Waals surface area contributed by atoms with Crippen molar-refractivity contribution < 1.29 is 9.47 Å². The van der Waals surface area contributed by atoms with Gasteiger partial charge in [-0.1, -0.05) is 25.1 Å². The molecule has 0 aromatic heterocycles. The Kier molecular flexibility index (Phi) is 5.65. The van der Waals surface area contributed by atoms with E-state index in [9.17, 15) is 0 Å². The van der Waals surface area contributed by atoms with Gasteiger partial charge >= 0.3 is 0 Å². The van der Waals surface area contributed by atoms with E-state index >= 15 is 0 Å². The Bertz CT molecular complexity index is 457. The number of nitrogens with one attached hydrogen (secondary N) is 1. The monoisotopic (exact) mass is 291 g/mol. The molecule has 0 fully saturated rings. The largest absolute Gasteiger partial charge is 0.493 e. The zero-order chi connectivity index (χ0) is 15.3. The quantitative estimate of drug-likeness (QED) is 0.827. The molecule has 0 aliphatic carbocycles. The molecule has 0 spiro atoms. The van der Waals surface area contributed by atoms with E-state index in [1.54, 1.807) is 0 Å². The van der Waals surface area contributed by atoms with Gasteiger partial charge in [-0.2, -0.15) is 0 Å². The van der Waals surface area contributed by atoms with Crippen LogP contribution in [0.3, 0.4) is 0 Å². The first-order valence-electron chi connectivity index (χ1n) is 8.22. The van der Waals surface area contributed by atoms with E-state index in [1.807, 2.05) is 0 Å². The summed E-state index contributed by atoms with van der Waals surface area (Å²) in [5.41, 5.74) is 2.30. The third-order valence-electron chi connectivity index (χ3n) is 4.08. The van der Waals surface area contributed by atoms with Crippen molar-refractivity contribution in [2.24, 2.45) is 0 Å². The lowest BCUT2D eigenvalue weighted by atomic mass is 9.88. The molecular weight excluding hydrogens is 262 g/mol. The molecule has 1 atom stereocenters. The van der Waals surface area contributed by atoms with E-state index in [1.165, 1.54) is 11.1 Å². The van der Waals surface area contributed by atoms with E-state index in [0.29, 0.717) is 6.61 Å². The summed E-state index contributed by atoms with van der Waals surface area (Å²) >= 11 is 0. The van der Waals surface area contributed by atoms with Gasteiger partial charge in [0.05, 0.1) is 18.2 Å². The van der Waals surface area contributed by atoms with Crippen molar-refractivity contribution in [1.29, 1.82) is 0 Å². The molecule has 1 aromatic carbocycles. The molecule has 0 saturated carbocycles. The van der Waals surface area contributed by atoms with Crippen LogP contribution in [-0.4, -0.2) is 25.4 Å². The minimum absolute atomic E-state index is 0.144. The van der Waals surface area contributed by atoms with Crippen LogP contribution < -0.4 is 10.1 Å². The zero-order valence-electron chi connectivity index (χ0n) is 13.9. The van der Waals surface area contributed by atoms with E-state index < -0.39 is 0 Å². The molecule has 1 aliphatic rings. The van der Waals surface area contributed by atoms with Crippen molar-refractivity contribution in [1.82, 2.24) is 5.32 Å².